The standard InChI is InChI=1S/C10H15NO3/c1-2-3-6-14-7-4-5-9(8-11)10(12)13/h5H,2-4,6-7H2,1H3,(H,12,13). The smallest absolute Gasteiger partial charge is 0.346 e. The summed E-state index contributed by atoms with van der Waals surface area (Å²) >= 11 is 0. The van der Waals surface area contributed by atoms with Crippen molar-refractivity contribution in [2.75, 3.05) is 13.2 Å². The molecule has 0 rings (SSSR count). The summed E-state index contributed by atoms with van der Waals surface area (Å²) in [6, 6.07) is 1.61. The monoisotopic (exact) mass is 197 g/mol. The van der Waals surface area contributed by atoms with Gasteiger partial charge in [-0.2, -0.15) is 5.26 Å². The van der Waals surface area contributed by atoms with Crippen LogP contribution in [0.4, 0.5) is 0 Å². The highest BCUT2D eigenvalue weighted by atomic mass is 16.5. The molecule has 0 aromatic heterocycles. The Bertz CT molecular complexity index is 240. The molecule has 14 heavy (non-hydrogen) atoms. The second-order valence-electron chi connectivity index (χ2n) is 2.79. The number of carboxylic acids is 1. The second kappa shape index (κ2) is 8.27. The number of ether oxygens (including phenoxy) is 1. The first-order valence-electron chi connectivity index (χ1n) is 4.63. The van der Waals surface area contributed by atoms with Gasteiger partial charge in [-0.3, -0.25) is 0 Å². The van der Waals surface area contributed by atoms with Gasteiger partial charge in [0.25, 0.3) is 0 Å². The zero-order valence-corrected chi connectivity index (χ0v) is 8.32. The van der Waals surface area contributed by atoms with E-state index < -0.39 is 5.97 Å². The van der Waals surface area contributed by atoms with Gasteiger partial charge in [0.15, 0.2) is 0 Å². The number of carbonyl (C=O) groups is 1. The Morgan fingerprint density at radius 1 is 1.57 bits per heavy atom. The Labute approximate surface area is 83.8 Å². The summed E-state index contributed by atoms with van der Waals surface area (Å²) in [5.74, 6) is -1.18. The molecule has 4 nitrogen and oxygen atoms in total. The van der Waals surface area contributed by atoms with Gasteiger partial charge >= 0.3 is 5.97 Å². The van der Waals surface area contributed by atoms with Crippen LogP contribution in [0.15, 0.2) is 11.6 Å². The van der Waals surface area contributed by atoms with Gasteiger partial charge < -0.3 is 9.84 Å². The van der Waals surface area contributed by atoms with Gasteiger partial charge in [0.2, 0.25) is 0 Å². The van der Waals surface area contributed by atoms with Crippen LogP contribution in [0.25, 0.3) is 0 Å². The van der Waals surface area contributed by atoms with Crippen LogP contribution in [-0.4, -0.2) is 24.3 Å². The highest BCUT2D eigenvalue weighted by molar-refractivity contribution is 5.90. The van der Waals surface area contributed by atoms with Crippen molar-refractivity contribution in [3.05, 3.63) is 11.6 Å². The van der Waals surface area contributed by atoms with E-state index in [0.717, 1.165) is 12.8 Å². The lowest BCUT2D eigenvalue weighted by molar-refractivity contribution is -0.132. The Hall–Kier alpha value is -1.34. The molecule has 0 heterocycles. The van der Waals surface area contributed by atoms with E-state index in [1.165, 1.54) is 6.08 Å². The Balaban J connectivity index is 3.60. The molecule has 0 aliphatic carbocycles. The quantitative estimate of drug-likeness (QED) is 0.383. The third-order valence-electron chi connectivity index (χ3n) is 1.60. The summed E-state index contributed by atoms with van der Waals surface area (Å²) in [4.78, 5) is 10.4. The average Bonchev–Trinajstić information content (AvgIpc) is 2.16. The van der Waals surface area contributed by atoms with E-state index in [2.05, 4.69) is 6.92 Å². The number of hydrogen-bond donors (Lipinski definition) is 1. The molecule has 0 spiro atoms. The molecule has 0 fully saturated rings. The summed E-state index contributed by atoms with van der Waals surface area (Å²) in [5, 5.41) is 16.9. The van der Waals surface area contributed by atoms with Crippen LogP contribution in [0.3, 0.4) is 0 Å². The normalized spacial score (nSPS) is 11.0. The van der Waals surface area contributed by atoms with Gasteiger partial charge in [-0.15, -0.1) is 0 Å². The van der Waals surface area contributed by atoms with Crippen LogP contribution in [-0.2, 0) is 9.53 Å². The van der Waals surface area contributed by atoms with Crippen molar-refractivity contribution in [2.45, 2.75) is 26.2 Å². The van der Waals surface area contributed by atoms with E-state index in [0.29, 0.717) is 19.6 Å². The summed E-state index contributed by atoms with van der Waals surface area (Å²) in [6.45, 7) is 3.24. The molecule has 0 bridgehead atoms. The molecule has 78 valence electrons. The maximum absolute atomic E-state index is 10.4. The van der Waals surface area contributed by atoms with Crippen LogP contribution >= 0.6 is 0 Å². The third kappa shape index (κ3) is 6.21. The number of nitrogens with zero attached hydrogens (tertiary/aromatic N) is 1. The Morgan fingerprint density at radius 2 is 2.29 bits per heavy atom. The zero-order valence-electron chi connectivity index (χ0n) is 8.32. The van der Waals surface area contributed by atoms with Crippen LogP contribution in [0, 0.1) is 11.3 Å². The molecule has 0 amide bonds. The van der Waals surface area contributed by atoms with E-state index in [1.807, 2.05) is 0 Å². The maximum atomic E-state index is 10.4. The van der Waals surface area contributed by atoms with Crippen molar-refractivity contribution in [1.29, 1.82) is 5.26 Å². The molecule has 4 heteroatoms. The van der Waals surface area contributed by atoms with E-state index in [-0.39, 0.29) is 5.57 Å². The molecule has 0 unspecified atom stereocenters. The zero-order chi connectivity index (χ0) is 10.8. The minimum Gasteiger partial charge on any atom is -0.477 e. The molecule has 0 aliphatic heterocycles. The van der Waals surface area contributed by atoms with Crippen molar-refractivity contribution in [1.82, 2.24) is 0 Å². The molecule has 0 atom stereocenters. The molecule has 0 aromatic carbocycles. The van der Waals surface area contributed by atoms with Crippen LogP contribution in [0.1, 0.15) is 26.2 Å². The molecule has 0 radical (unpaired) electrons. The molecular formula is C10H15NO3. The summed E-state index contributed by atoms with van der Waals surface area (Å²) in [6.07, 6.45) is 3.94. The van der Waals surface area contributed by atoms with Crippen LogP contribution < -0.4 is 0 Å². The number of hydrogen-bond acceptors (Lipinski definition) is 3. The number of unbranched alkanes of at least 4 members (excludes halogenated alkanes) is 1. The van der Waals surface area contributed by atoms with Crippen molar-refractivity contribution in [3.63, 3.8) is 0 Å². The predicted octanol–water partition coefficient (Wildman–Crippen LogP) is 1.73. The van der Waals surface area contributed by atoms with E-state index >= 15 is 0 Å². The first kappa shape index (κ1) is 12.7. The molecule has 1 N–H and O–H groups in total. The van der Waals surface area contributed by atoms with Gasteiger partial charge in [0.1, 0.15) is 11.6 Å². The lowest BCUT2D eigenvalue weighted by Crippen LogP contribution is -2.00. The third-order valence-corrected chi connectivity index (χ3v) is 1.60. The number of nitriles is 1. The molecular weight excluding hydrogens is 182 g/mol. The van der Waals surface area contributed by atoms with E-state index in [9.17, 15) is 4.79 Å². The number of aliphatic carboxylic acids is 1. The van der Waals surface area contributed by atoms with Gasteiger partial charge in [0, 0.05) is 6.61 Å². The average molecular weight is 197 g/mol. The summed E-state index contributed by atoms with van der Waals surface area (Å²) in [5.41, 5.74) is -0.218. The highest BCUT2D eigenvalue weighted by Crippen LogP contribution is 1.96. The molecule has 0 aliphatic rings. The first-order chi connectivity index (χ1) is 6.72. The molecule has 0 aromatic rings. The fourth-order valence-corrected chi connectivity index (χ4v) is 0.816. The highest BCUT2D eigenvalue weighted by Gasteiger charge is 2.03. The SMILES string of the molecule is CCCCOCCC=C(C#N)C(=O)O. The molecule has 0 saturated heterocycles. The van der Waals surface area contributed by atoms with Crippen LogP contribution in [0.2, 0.25) is 0 Å². The van der Waals surface area contributed by atoms with Gasteiger partial charge in [0.05, 0.1) is 6.61 Å². The maximum Gasteiger partial charge on any atom is 0.346 e. The Morgan fingerprint density at radius 3 is 2.79 bits per heavy atom. The van der Waals surface area contributed by atoms with E-state index in [1.54, 1.807) is 6.07 Å². The molecule has 0 saturated carbocycles. The van der Waals surface area contributed by atoms with E-state index in [4.69, 9.17) is 15.1 Å². The van der Waals surface area contributed by atoms with Gasteiger partial charge in [-0.05, 0) is 12.8 Å². The predicted molar refractivity (Wildman–Crippen MR) is 51.7 cm³/mol. The Kier molecular flexibility index (Phi) is 7.48. The second-order valence-corrected chi connectivity index (χ2v) is 2.79. The first-order valence-corrected chi connectivity index (χ1v) is 4.63. The van der Waals surface area contributed by atoms with Crippen molar-refractivity contribution in [2.24, 2.45) is 0 Å². The van der Waals surface area contributed by atoms with Crippen molar-refractivity contribution in [3.8, 4) is 6.07 Å². The summed E-state index contributed by atoms with van der Waals surface area (Å²) < 4.78 is 5.20. The lowest BCUT2D eigenvalue weighted by atomic mass is 10.2. The number of carboxylic acid groups (broad SMARTS) is 1. The lowest BCUT2D eigenvalue weighted by Gasteiger charge is -1.99. The van der Waals surface area contributed by atoms with Crippen molar-refractivity contribution >= 4 is 5.97 Å². The van der Waals surface area contributed by atoms with Crippen LogP contribution in [0.5, 0.6) is 0 Å². The van der Waals surface area contributed by atoms with Crippen molar-refractivity contribution < 1.29 is 14.6 Å². The summed E-state index contributed by atoms with van der Waals surface area (Å²) in [7, 11) is 0. The number of rotatable bonds is 7. The fraction of sp³-hybridized carbons (Fsp3) is 0.600. The van der Waals surface area contributed by atoms with Gasteiger partial charge in [-0.25, -0.2) is 4.79 Å². The van der Waals surface area contributed by atoms with Gasteiger partial charge in [-0.1, -0.05) is 19.4 Å². The minimum atomic E-state index is -1.18. The topological polar surface area (TPSA) is 70.3 Å². The minimum absolute atomic E-state index is 0.218. The fourth-order valence-electron chi connectivity index (χ4n) is 0.816. The largest absolute Gasteiger partial charge is 0.477 e.